The highest BCUT2D eigenvalue weighted by molar-refractivity contribution is 5.97. The van der Waals surface area contributed by atoms with Crippen molar-refractivity contribution in [2.45, 2.75) is 33.1 Å². The van der Waals surface area contributed by atoms with Gasteiger partial charge in [-0.25, -0.2) is 0 Å². The molecule has 0 saturated heterocycles. The number of anilines is 1. The lowest BCUT2D eigenvalue weighted by Crippen LogP contribution is -2.30. The van der Waals surface area contributed by atoms with E-state index in [4.69, 9.17) is 4.52 Å². The van der Waals surface area contributed by atoms with E-state index in [1.807, 2.05) is 44.2 Å². The molecule has 0 radical (unpaired) electrons. The maximum Gasteiger partial charge on any atom is 0.253 e. The second kappa shape index (κ2) is 10.3. The van der Waals surface area contributed by atoms with E-state index in [1.54, 1.807) is 29.2 Å². The molecular formula is C23H26N4O3. The third-order valence-corrected chi connectivity index (χ3v) is 4.74. The monoisotopic (exact) mass is 406 g/mol. The van der Waals surface area contributed by atoms with Crippen molar-refractivity contribution in [3.63, 3.8) is 0 Å². The highest BCUT2D eigenvalue weighted by Gasteiger charge is 2.14. The maximum absolute atomic E-state index is 12.5. The van der Waals surface area contributed by atoms with E-state index >= 15 is 0 Å². The van der Waals surface area contributed by atoms with Crippen LogP contribution in [0, 0.1) is 0 Å². The van der Waals surface area contributed by atoms with E-state index in [1.165, 1.54) is 0 Å². The quantitative estimate of drug-likeness (QED) is 0.576. The van der Waals surface area contributed by atoms with Crippen molar-refractivity contribution in [1.82, 2.24) is 15.0 Å². The minimum absolute atomic E-state index is 0.0401. The zero-order valence-electron chi connectivity index (χ0n) is 17.3. The van der Waals surface area contributed by atoms with Crippen molar-refractivity contribution in [3.05, 3.63) is 66.1 Å². The number of hydrogen-bond donors (Lipinski definition) is 1. The van der Waals surface area contributed by atoms with Crippen molar-refractivity contribution >= 4 is 17.5 Å². The van der Waals surface area contributed by atoms with Gasteiger partial charge in [0.1, 0.15) is 0 Å². The summed E-state index contributed by atoms with van der Waals surface area (Å²) in [6.45, 7) is 5.18. The van der Waals surface area contributed by atoms with Crippen LogP contribution in [0.15, 0.2) is 59.1 Å². The SMILES string of the molecule is CCN(CC)C(=O)c1cccc(NC(=O)CCCc2nc(-c3ccccc3)no2)c1. The third-order valence-electron chi connectivity index (χ3n) is 4.74. The number of aryl methyl sites for hydroxylation is 1. The number of carbonyl (C=O) groups is 2. The number of carbonyl (C=O) groups excluding carboxylic acids is 2. The van der Waals surface area contributed by atoms with Crippen LogP contribution in [0.5, 0.6) is 0 Å². The highest BCUT2D eigenvalue weighted by atomic mass is 16.5. The Balaban J connectivity index is 1.50. The van der Waals surface area contributed by atoms with Gasteiger partial charge in [-0.2, -0.15) is 4.98 Å². The molecular weight excluding hydrogens is 380 g/mol. The highest BCUT2D eigenvalue weighted by Crippen LogP contribution is 2.16. The molecule has 0 aliphatic carbocycles. The van der Waals surface area contributed by atoms with Crippen molar-refractivity contribution in [3.8, 4) is 11.4 Å². The predicted octanol–water partition coefficient (Wildman–Crippen LogP) is 4.18. The molecule has 2 amide bonds. The molecule has 3 rings (SSSR count). The summed E-state index contributed by atoms with van der Waals surface area (Å²) in [6.07, 6.45) is 1.42. The third kappa shape index (κ3) is 5.53. The van der Waals surface area contributed by atoms with Crippen LogP contribution in [0.3, 0.4) is 0 Å². The first-order valence-electron chi connectivity index (χ1n) is 10.2. The van der Waals surface area contributed by atoms with Crippen molar-refractivity contribution in [2.24, 2.45) is 0 Å². The Bertz CT molecular complexity index is 981. The van der Waals surface area contributed by atoms with Crippen molar-refractivity contribution in [1.29, 1.82) is 0 Å². The van der Waals surface area contributed by atoms with E-state index in [0.717, 1.165) is 5.56 Å². The largest absolute Gasteiger partial charge is 0.339 e. The molecule has 2 aromatic carbocycles. The van der Waals surface area contributed by atoms with Gasteiger partial charge in [0.2, 0.25) is 17.6 Å². The Morgan fingerprint density at radius 3 is 2.53 bits per heavy atom. The zero-order valence-corrected chi connectivity index (χ0v) is 17.3. The fourth-order valence-corrected chi connectivity index (χ4v) is 3.11. The summed E-state index contributed by atoms with van der Waals surface area (Å²) in [6, 6.07) is 16.6. The molecule has 1 N–H and O–H groups in total. The van der Waals surface area contributed by atoms with Gasteiger partial charge in [-0.3, -0.25) is 9.59 Å². The molecule has 0 spiro atoms. The van der Waals surface area contributed by atoms with Crippen LogP contribution in [0.2, 0.25) is 0 Å². The molecule has 0 atom stereocenters. The molecule has 0 bridgehead atoms. The van der Waals surface area contributed by atoms with Gasteiger partial charge in [0.15, 0.2) is 0 Å². The molecule has 0 aliphatic heterocycles. The summed E-state index contributed by atoms with van der Waals surface area (Å²) in [5.41, 5.74) is 2.07. The number of amides is 2. The molecule has 7 heteroatoms. The van der Waals surface area contributed by atoms with Crippen LogP contribution in [-0.2, 0) is 11.2 Å². The Morgan fingerprint density at radius 1 is 1.03 bits per heavy atom. The molecule has 30 heavy (non-hydrogen) atoms. The van der Waals surface area contributed by atoms with Crippen molar-refractivity contribution < 1.29 is 14.1 Å². The summed E-state index contributed by atoms with van der Waals surface area (Å²) in [5, 5.41) is 6.84. The first-order valence-corrected chi connectivity index (χ1v) is 10.2. The Morgan fingerprint density at radius 2 is 1.80 bits per heavy atom. The van der Waals surface area contributed by atoms with Gasteiger partial charge in [0.25, 0.3) is 5.91 Å². The first kappa shape index (κ1) is 21.2. The van der Waals surface area contributed by atoms with Crippen LogP contribution in [0.25, 0.3) is 11.4 Å². The topological polar surface area (TPSA) is 88.3 Å². The van der Waals surface area contributed by atoms with Gasteiger partial charge in [0, 0.05) is 42.7 Å². The minimum atomic E-state index is -0.120. The normalized spacial score (nSPS) is 10.6. The smallest absolute Gasteiger partial charge is 0.253 e. The number of nitrogens with zero attached hydrogens (tertiary/aromatic N) is 3. The molecule has 1 heterocycles. The molecule has 0 saturated carbocycles. The van der Waals surface area contributed by atoms with Gasteiger partial charge in [0.05, 0.1) is 0 Å². The first-order chi connectivity index (χ1) is 14.6. The van der Waals surface area contributed by atoms with Crippen LogP contribution in [0.1, 0.15) is 42.9 Å². The second-order valence-corrected chi connectivity index (χ2v) is 6.84. The average molecular weight is 406 g/mol. The molecule has 3 aromatic rings. The lowest BCUT2D eigenvalue weighted by atomic mass is 10.1. The summed E-state index contributed by atoms with van der Waals surface area (Å²) < 4.78 is 5.27. The fourth-order valence-electron chi connectivity index (χ4n) is 3.11. The Hall–Kier alpha value is -3.48. The van der Waals surface area contributed by atoms with Crippen LogP contribution >= 0.6 is 0 Å². The number of rotatable bonds is 9. The second-order valence-electron chi connectivity index (χ2n) is 6.84. The van der Waals surface area contributed by atoms with Gasteiger partial charge in [-0.15, -0.1) is 0 Å². The standard InChI is InChI=1S/C23H26N4O3/c1-3-27(4-2)23(29)18-12-8-13-19(16-18)24-20(28)14-9-15-21-25-22(26-30-21)17-10-6-5-7-11-17/h5-8,10-13,16H,3-4,9,14-15H2,1-2H3,(H,24,28). The van der Waals surface area contributed by atoms with E-state index in [-0.39, 0.29) is 11.8 Å². The Labute approximate surface area is 176 Å². The summed E-state index contributed by atoms with van der Waals surface area (Å²) in [7, 11) is 0. The molecule has 1 aromatic heterocycles. The molecule has 0 aliphatic rings. The van der Waals surface area contributed by atoms with E-state index in [0.29, 0.717) is 55.3 Å². The minimum Gasteiger partial charge on any atom is -0.339 e. The lowest BCUT2D eigenvalue weighted by molar-refractivity contribution is -0.116. The summed E-state index contributed by atoms with van der Waals surface area (Å²) in [4.78, 5) is 30.9. The van der Waals surface area contributed by atoms with Crippen LogP contribution in [0.4, 0.5) is 5.69 Å². The number of hydrogen-bond acceptors (Lipinski definition) is 5. The molecule has 0 fully saturated rings. The summed E-state index contributed by atoms with van der Waals surface area (Å²) in [5.74, 6) is 0.894. The van der Waals surface area contributed by atoms with Gasteiger partial charge >= 0.3 is 0 Å². The number of aromatic nitrogens is 2. The van der Waals surface area contributed by atoms with Gasteiger partial charge < -0.3 is 14.7 Å². The average Bonchev–Trinajstić information content (AvgIpc) is 3.24. The van der Waals surface area contributed by atoms with E-state index < -0.39 is 0 Å². The zero-order chi connectivity index (χ0) is 21.3. The maximum atomic E-state index is 12.5. The van der Waals surface area contributed by atoms with Gasteiger partial charge in [-0.05, 0) is 38.5 Å². The van der Waals surface area contributed by atoms with E-state index in [2.05, 4.69) is 15.5 Å². The van der Waals surface area contributed by atoms with Crippen LogP contribution in [-0.4, -0.2) is 39.9 Å². The van der Waals surface area contributed by atoms with Gasteiger partial charge in [-0.1, -0.05) is 41.6 Å². The van der Waals surface area contributed by atoms with Crippen molar-refractivity contribution in [2.75, 3.05) is 18.4 Å². The predicted molar refractivity (Wildman–Crippen MR) is 115 cm³/mol. The molecule has 0 unspecified atom stereocenters. The summed E-state index contributed by atoms with van der Waals surface area (Å²) >= 11 is 0. The molecule has 156 valence electrons. The molecule has 7 nitrogen and oxygen atoms in total. The lowest BCUT2D eigenvalue weighted by Gasteiger charge is -2.19. The van der Waals surface area contributed by atoms with Crippen LogP contribution < -0.4 is 5.32 Å². The Kier molecular flexibility index (Phi) is 7.32. The number of nitrogens with one attached hydrogen (secondary N) is 1. The number of benzene rings is 2. The fraction of sp³-hybridized carbons (Fsp3) is 0.304. The van der Waals surface area contributed by atoms with E-state index in [9.17, 15) is 9.59 Å².